The largest absolute Gasteiger partial charge is 0.450 e. The third-order valence-corrected chi connectivity index (χ3v) is 4.58. The van der Waals surface area contributed by atoms with Crippen LogP contribution in [0.15, 0.2) is 54.9 Å². The van der Waals surface area contributed by atoms with E-state index in [2.05, 4.69) is 9.97 Å². The standard InChI is InChI=1S/C21H20N4O2/c1-2-27-21(26)25-12-9-18-17(14-25)16(20-22-10-6-11-23-20)13-19(24-18)15-7-4-3-5-8-15/h3-8,10-11,13H,2,9,12,14H2,1H3. The number of aromatic nitrogens is 3. The lowest BCUT2D eigenvalue weighted by Crippen LogP contribution is -2.37. The predicted molar refractivity (Wildman–Crippen MR) is 102 cm³/mol. The summed E-state index contributed by atoms with van der Waals surface area (Å²) in [6.07, 6.45) is 3.83. The summed E-state index contributed by atoms with van der Waals surface area (Å²) in [4.78, 5) is 27.6. The molecule has 1 amide bonds. The fourth-order valence-corrected chi connectivity index (χ4v) is 3.28. The Hall–Kier alpha value is -3.28. The van der Waals surface area contributed by atoms with Crippen LogP contribution in [0.5, 0.6) is 0 Å². The van der Waals surface area contributed by atoms with Gasteiger partial charge in [-0.25, -0.2) is 14.8 Å². The van der Waals surface area contributed by atoms with Gasteiger partial charge in [0.15, 0.2) is 5.82 Å². The van der Waals surface area contributed by atoms with Gasteiger partial charge in [0, 0.05) is 47.7 Å². The van der Waals surface area contributed by atoms with Crippen molar-refractivity contribution in [3.05, 3.63) is 66.1 Å². The number of pyridine rings is 1. The molecule has 6 nitrogen and oxygen atoms in total. The van der Waals surface area contributed by atoms with E-state index in [-0.39, 0.29) is 6.09 Å². The molecule has 6 heteroatoms. The van der Waals surface area contributed by atoms with Crippen molar-refractivity contribution in [3.8, 4) is 22.6 Å². The Morgan fingerprint density at radius 1 is 1.15 bits per heavy atom. The average Bonchev–Trinajstić information content (AvgIpc) is 2.74. The van der Waals surface area contributed by atoms with Crippen LogP contribution < -0.4 is 0 Å². The lowest BCUT2D eigenvalue weighted by Gasteiger charge is -2.29. The molecule has 0 spiro atoms. The summed E-state index contributed by atoms with van der Waals surface area (Å²) in [6, 6.07) is 13.9. The molecule has 27 heavy (non-hydrogen) atoms. The number of hydrogen-bond donors (Lipinski definition) is 0. The van der Waals surface area contributed by atoms with Crippen LogP contribution >= 0.6 is 0 Å². The molecule has 3 heterocycles. The molecule has 0 aliphatic carbocycles. The second kappa shape index (κ2) is 7.53. The zero-order chi connectivity index (χ0) is 18.6. The maximum atomic E-state index is 12.2. The van der Waals surface area contributed by atoms with Gasteiger partial charge in [0.1, 0.15) is 0 Å². The molecule has 136 valence electrons. The van der Waals surface area contributed by atoms with Gasteiger partial charge in [-0.2, -0.15) is 0 Å². The molecule has 2 aromatic heterocycles. The van der Waals surface area contributed by atoms with Crippen LogP contribution in [0.3, 0.4) is 0 Å². The van der Waals surface area contributed by atoms with Gasteiger partial charge in [-0.05, 0) is 19.1 Å². The second-order valence-corrected chi connectivity index (χ2v) is 6.29. The summed E-state index contributed by atoms with van der Waals surface area (Å²) < 4.78 is 5.17. The van der Waals surface area contributed by atoms with Crippen molar-refractivity contribution in [1.29, 1.82) is 0 Å². The number of hydrogen-bond acceptors (Lipinski definition) is 5. The molecule has 3 aromatic rings. The summed E-state index contributed by atoms with van der Waals surface area (Å²) >= 11 is 0. The maximum Gasteiger partial charge on any atom is 0.410 e. The summed E-state index contributed by atoms with van der Waals surface area (Å²) in [6.45, 7) is 3.21. The van der Waals surface area contributed by atoms with Gasteiger partial charge in [-0.3, -0.25) is 4.98 Å². The van der Waals surface area contributed by atoms with Gasteiger partial charge in [-0.1, -0.05) is 30.3 Å². The quantitative estimate of drug-likeness (QED) is 0.712. The SMILES string of the molecule is CCOC(=O)N1CCc2nc(-c3ccccc3)cc(-c3ncccn3)c2C1. The van der Waals surface area contributed by atoms with Crippen molar-refractivity contribution in [2.75, 3.05) is 13.2 Å². The van der Waals surface area contributed by atoms with E-state index in [0.717, 1.165) is 28.1 Å². The van der Waals surface area contributed by atoms with E-state index in [1.807, 2.05) is 43.3 Å². The first-order valence-electron chi connectivity index (χ1n) is 9.03. The minimum atomic E-state index is -0.296. The summed E-state index contributed by atoms with van der Waals surface area (Å²) in [7, 11) is 0. The smallest absolute Gasteiger partial charge is 0.410 e. The molecule has 4 rings (SSSR count). The molecular weight excluding hydrogens is 340 g/mol. The topological polar surface area (TPSA) is 68.2 Å². The van der Waals surface area contributed by atoms with E-state index in [9.17, 15) is 4.79 Å². The molecule has 1 aromatic carbocycles. The molecule has 0 bridgehead atoms. The van der Waals surface area contributed by atoms with Crippen molar-refractivity contribution >= 4 is 6.09 Å². The van der Waals surface area contributed by atoms with Crippen LogP contribution in [0.25, 0.3) is 22.6 Å². The minimum Gasteiger partial charge on any atom is -0.450 e. The van der Waals surface area contributed by atoms with Gasteiger partial charge >= 0.3 is 6.09 Å². The van der Waals surface area contributed by atoms with E-state index in [4.69, 9.17) is 9.72 Å². The highest BCUT2D eigenvalue weighted by atomic mass is 16.6. The number of rotatable bonds is 3. The van der Waals surface area contributed by atoms with Crippen molar-refractivity contribution in [2.45, 2.75) is 19.9 Å². The van der Waals surface area contributed by atoms with E-state index in [1.165, 1.54) is 0 Å². The first kappa shape index (κ1) is 17.1. The summed E-state index contributed by atoms with van der Waals surface area (Å²) in [5.41, 5.74) is 4.82. The molecule has 1 aliphatic heterocycles. The first-order valence-corrected chi connectivity index (χ1v) is 9.03. The molecule has 0 N–H and O–H groups in total. The third kappa shape index (κ3) is 3.51. The molecule has 0 unspecified atom stereocenters. The zero-order valence-electron chi connectivity index (χ0n) is 15.1. The van der Waals surface area contributed by atoms with Crippen LogP contribution in [-0.4, -0.2) is 39.1 Å². The van der Waals surface area contributed by atoms with E-state index < -0.39 is 0 Å². The van der Waals surface area contributed by atoms with Gasteiger partial charge in [0.05, 0.1) is 18.8 Å². The fourth-order valence-electron chi connectivity index (χ4n) is 3.28. The summed E-state index contributed by atoms with van der Waals surface area (Å²) in [5, 5.41) is 0. The highest BCUT2D eigenvalue weighted by Gasteiger charge is 2.26. The van der Waals surface area contributed by atoms with Gasteiger partial charge in [0.2, 0.25) is 0 Å². The van der Waals surface area contributed by atoms with E-state index >= 15 is 0 Å². The molecule has 0 atom stereocenters. The van der Waals surface area contributed by atoms with Crippen LogP contribution in [0.1, 0.15) is 18.2 Å². The monoisotopic (exact) mass is 360 g/mol. The number of fused-ring (bicyclic) bond motifs is 1. The minimum absolute atomic E-state index is 0.296. The molecule has 0 saturated heterocycles. The predicted octanol–water partition coefficient (Wildman–Crippen LogP) is 3.72. The number of amides is 1. The van der Waals surface area contributed by atoms with Crippen molar-refractivity contribution in [3.63, 3.8) is 0 Å². The third-order valence-electron chi connectivity index (χ3n) is 4.58. The Morgan fingerprint density at radius 3 is 2.67 bits per heavy atom. The second-order valence-electron chi connectivity index (χ2n) is 6.29. The van der Waals surface area contributed by atoms with Gasteiger partial charge in [0.25, 0.3) is 0 Å². The van der Waals surface area contributed by atoms with Crippen LogP contribution in [0.4, 0.5) is 4.79 Å². The van der Waals surface area contributed by atoms with Gasteiger partial charge < -0.3 is 9.64 Å². The first-order chi connectivity index (χ1) is 13.3. The fraction of sp³-hybridized carbons (Fsp3) is 0.238. The molecular formula is C21H20N4O2. The van der Waals surface area contributed by atoms with Crippen LogP contribution in [0.2, 0.25) is 0 Å². The molecule has 0 fully saturated rings. The zero-order valence-corrected chi connectivity index (χ0v) is 15.1. The maximum absolute atomic E-state index is 12.2. The lowest BCUT2D eigenvalue weighted by molar-refractivity contribution is 0.102. The van der Waals surface area contributed by atoms with Crippen molar-refractivity contribution < 1.29 is 9.53 Å². The van der Waals surface area contributed by atoms with Crippen LogP contribution in [-0.2, 0) is 17.7 Å². The molecule has 0 saturated carbocycles. The number of carbonyl (C=O) groups is 1. The molecule has 1 aliphatic rings. The lowest BCUT2D eigenvalue weighted by atomic mass is 9.97. The number of benzene rings is 1. The Morgan fingerprint density at radius 2 is 1.93 bits per heavy atom. The number of nitrogens with zero attached hydrogens (tertiary/aromatic N) is 4. The van der Waals surface area contributed by atoms with Gasteiger partial charge in [-0.15, -0.1) is 0 Å². The Kier molecular flexibility index (Phi) is 4.78. The van der Waals surface area contributed by atoms with Crippen LogP contribution in [0, 0.1) is 0 Å². The number of ether oxygens (including phenoxy) is 1. The molecule has 0 radical (unpaired) electrons. The Labute approximate surface area is 157 Å². The Bertz CT molecular complexity index is 945. The highest BCUT2D eigenvalue weighted by Crippen LogP contribution is 2.31. The highest BCUT2D eigenvalue weighted by molar-refractivity contribution is 5.73. The normalized spacial score (nSPS) is 13.1. The van der Waals surface area contributed by atoms with E-state index in [1.54, 1.807) is 23.4 Å². The number of carbonyl (C=O) groups excluding carboxylic acids is 1. The van der Waals surface area contributed by atoms with E-state index in [0.29, 0.717) is 31.9 Å². The summed E-state index contributed by atoms with van der Waals surface area (Å²) in [5.74, 6) is 0.638. The van der Waals surface area contributed by atoms with Crippen molar-refractivity contribution in [2.24, 2.45) is 0 Å². The van der Waals surface area contributed by atoms with Crippen molar-refractivity contribution in [1.82, 2.24) is 19.9 Å². The Balaban J connectivity index is 1.81. The average molecular weight is 360 g/mol.